The molecule has 2 aromatic heterocycles. The Morgan fingerprint density at radius 3 is 3.00 bits per heavy atom. The Bertz CT molecular complexity index is 776. The average molecular weight is 353 g/mol. The van der Waals surface area contributed by atoms with Gasteiger partial charge in [-0.2, -0.15) is 0 Å². The molecule has 1 amide bonds. The highest BCUT2D eigenvalue weighted by atomic mass is 35.5. The fourth-order valence-corrected chi connectivity index (χ4v) is 2.90. The first-order valence-electron chi connectivity index (χ1n) is 6.13. The number of benzene rings is 1. The van der Waals surface area contributed by atoms with Gasteiger partial charge in [0.25, 0.3) is 5.22 Å². The average Bonchev–Trinajstić information content (AvgIpc) is 3.17. The third kappa shape index (κ3) is 3.65. The van der Waals surface area contributed by atoms with Crippen LogP contribution >= 0.6 is 34.7 Å². The zero-order chi connectivity index (χ0) is 15.4. The summed E-state index contributed by atoms with van der Waals surface area (Å²) in [5.74, 6) is 0.301. The summed E-state index contributed by atoms with van der Waals surface area (Å²) in [5, 5.41) is 13.7. The summed E-state index contributed by atoms with van der Waals surface area (Å²) in [6.45, 7) is 0. The van der Waals surface area contributed by atoms with E-state index in [4.69, 9.17) is 16.0 Å². The molecule has 0 spiro atoms. The highest BCUT2D eigenvalue weighted by molar-refractivity contribution is 7.99. The SMILES string of the molecule is O=C(CSc1nnc(-c2ccccc2Cl)o1)Nc1nccs1. The molecular weight excluding hydrogens is 344 g/mol. The van der Waals surface area contributed by atoms with Crippen molar-refractivity contribution in [2.24, 2.45) is 0 Å². The molecule has 0 bridgehead atoms. The maximum atomic E-state index is 11.7. The van der Waals surface area contributed by atoms with Gasteiger partial charge in [0.2, 0.25) is 11.8 Å². The molecule has 0 unspecified atom stereocenters. The summed E-state index contributed by atoms with van der Waals surface area (Å²) >= 11 is 8.58. The first-order chi connectivity index (χ1) is 10.7. The third-order valence-electron chi connectivity index (χ3n) is 2.52. The second kappa shape index (κ2) is 6.91. The number of aromatic nitrogens is 3. The molecule has 0 aliphatic carbocycles. The molecule has 0 radical (unpaired) electrons. The van der Waals surface area contributed by atoms with Gasteiger partial charge < -0.3 is 9.73 Å². The molecule has 0 aliphatic heterocycles. The molecule has 0 atom stereocenters. The second-order valence-corrected chi connectivity index (χ2v) is 6.26. The first kappa shape index (κ1) is 15.0. The number of thioether (sulfide) groups is 1. The Morgan fingerprint density at radius 1 is 1.36 bits per heavy atom. The number of carbonyl (C=O) groups is 1. The van der Waals surface area contributed by atoms with E-state index in [-0.39, 0.29) is 11.7 Å². The summed E-state index contributed by atoms with van der Waals surface area (Å²) in [5.41, 5.74) is 0.663. The van der Waals surface area contributed by atoms with Gasteiger partial charge in [-0.25, -0.2) is 4.98 Å². The van der Waals surface area contributed by atoms with Crippen molar-refractivity contribution in [3.63, 3.8) is 0 Å². The van der Waals surface area contributed by atoms with E-state index in [2.05, 4.69) is 20.5 Å². The zero-order valence-electron chi connectivity index (χ0n) is 11.0. The predicted molar refractivity (Wildman–Crippen MR) is 86.2 cm³/mol. The highest BCUT2D eigenvalue weighted by Crippen LogP contribution is 2.28. The van der Waals surface area contributed by atoms with Crippen LogP contribution in [0.15, 0.2) is 45.5 Å². The molecule has 0 saturated carbocycles. The molecule has 1 aromatic carbocycles. The molecule has 3 rings (SSSR count). The van der Waals surface area contributed by atoms with Crippen LogP contribution in [0, 0.1) is 0 Å². The summed E-state index contributed by atoms with van der Waals surface area (Å²) in [6.07, 6.45) is 1.63. The summed E-state index contributed by atoms with van der Waals surface area (Å²) in [6, 6.07) is 7.19. The Morgan fingerprint density at radius 2 is 2.23 bits per heavy atom. The minimum absolute atomic E-state index is 0.156. The first-order valence-corrected chi connectivity index (χ1v) is 8.37. The lowest BCUT2D eigenvalue weighted by Crippen LogP contribution is -2.13. The summed E-state index contributed by atoms with van der Waals surface area (Å²) < 4.78 is 5.50. The molecule has 0 aliphatic rings. The van der Waals surface area contributed by atoms with Gasteiger partial charge >= 0.3 is 0 Å². The number of hydrogen-bond donors (Lipinski definition) is 1. The molecule has 22 heavy (non-hydrogen) atoms. The van der Waals surface area contributed by atoms with Gasteiger partial charge in [0.05, 0.1) is 16.3 Å². The van der Waals surface area contributed by atoms with Crippen molar-refractivity contribution >= 4 is 45.7 Å². The van der Waals surface area contributed by atoms with Crippen molar-refractivity contribution in [3.8, 4) is 11.5 Å². The number of nitrogens with one attached hydrogen (secondary N) is 1. The van der Waals surface area contributed by atoms with Gasteiger partial charge in [0, 0.05) is 11.6 Å². The predicted octanol–water partition coefficient (Wildman–Crippen LogP) is 3.58. The highest BCUT2D eigenvalue weighted by Gasteiger charge is 2.13. The van der Waals surface area contributed by atoms with Crippen LogP contribution in [0.2, 0.25) is 5.02 Å². The standard InChI is InChI=1S/C13H9ClN4O2S2/c14-9-4-2-1-3-8(9)11-17-18-13(20-11)22-7-10(19)16-12-15-5-6-21-12/h1-6H,7H2,(H,15,16,19). The number of rotatable bonds is 5. The number of thiazole rings is 1. The van der Waals surface area contributed by atoms with Gasteiger partial charge in [-0.15, -0.1) is 21.5 Å². The zero-order valence-corrected chi connectivity index (χ0v) is 13.4. The summed E-state index contributed by atoms with van der Waals surface area (Å²) in [7, 11) is 0. The molecule has 2 heterocycles. The van der Waals surface area contributed by atoms with Crippen molar-refractivity contribution in [1.82, 2.24) is 15.2 Å². The number of anilines is 1. The number of amides is 1. The Balaban J connectivity index is 1.60. The van der Waals surface area contributed by atoms with Crippen LogP contribution in [0.5, 0.6) is 0 Å². The van der Waals surface area contributed by atoms with Crippen molar-refractivity contribution in [2.45, 2.75) is 5.22 Å². The van der Waals surface area contributed by atoms with Crippen LogP contribution in [0.1, 0.15) is 0 Å². The minimum Gasteiger partial charge on any atom is -0.411 e. The van der Waals surface area contributed by atoms with E-state index < -0.39 is 0 Å². The fourth-order valence-electron chi connectivity index (χ4n) is 1.58. The molecule has 9 heteroatoms. The van der Waals surface area contributed by atoms with Crippen LogP contribution in [0.4, 0.5) is 5.13 Å². The monoisotopic (exact) mass is 352 g/mol. The molecule has 112 valence electrons. The molecule has 1 N–H and O–H groups in total. The largest absolute Gasteiger partial charge is 0.411 e. The van der Waals surface area contributed by atoms with E-state index in [1.165, 1.54) is 11.3 Å². The Hall–Kier alpha value is -1.90. The van der Waals surface area contributed by atoms with Gasteiger partial charge in [-0.1, -0.05) is 35.5 Å². The summed E-state index contributed by atoms with van der Waals surface area (Å²) in [4.78, 5) is 15.7. The normalized spacial score (nSPS) is 10.6. The van der Waals surface area contributed by atoms with Gasteiger partial charge in [-0.05, 0) is 12.1 Å². The second-order valence-electron chi connectivity index (χ2n) is 4.03. The molecule has 3 aromatic rings. The van der Waals surface area contributed by atoms with Crippen molar-refractivity contribution in [2.75, 3.05) is 11.1 Å². The van der Waals surface area contributed by atoms with Crippen LogP contribution in [0.25, 0.3) is 11.5 Å². The molecule has 6 nitrogen and oxygen atoms in total. The van der Waals surface area contributed by atoms with Crippen molar-refractivity contribution in [3.05, 3.63) is 40.9 Å². The van der Waals surface area contributed by atoms with E-state index in [9.17, 15) is 4.79 Å². The Kier molecular flexibility index (Phi) is 4.71. The third-order valence-corrected chi connectivity index (χ3v) is 4.35. The lowest BCUT2D eigenvalue weighted by Gasteiger charge is -1.99. The number of nitrogens with zero attached hydrogens (tertiary/aromatic N) is 3. The maximum absolute atomic E-state index is 11.7. The maximum Gasteiger partial charge on any atom is 0.277 e. The van der Waals surface area contributed by atoms with Crippen LogP contribution < -0.4 is 5.32 Å². The van der Waals surface area contributed by atoms with E-state index in [1.54, 1.807) is 23.7 Å². The van der Waals surface area contributed by atoms with Gasteiger partial charge in [0.15, 0.2) is 5.13 Å². The topological polar surface area (TPSA) is 80.9 Å². The Labute approximate surface area is 138 Å². The van der Waals surface area contributed by atoms with E-state index >= 15 is 0 Å². The van der Waals surface area contributed by atoms with E-state index in [0.717, 1.165) is 11.8 Å². The number of halogens is 1. The van der Waals surface area contributed by atoms with E-state index in [1.807, 2.05) is 12.1 Å². The van der Waals surface area contributed by atoms with Crippen LogP contribution in [-0.2, 0) is 4.79 Å². The van der Waals surface area contributed by atoms with Crippen LogP contribution in [-0.4, -0.2) is 26.8 Å². The molecule has 0 saturated heterocycles. The van der Waals surface area contributed by atoms with Crippen molar-refractivity contribution in [1.29, 1.82) is 0 Å². The lowest BCUT2D eigenvalue weighted by molar-refractivity contribution is -0.113. The van der Waals surface area contributed by atoms with Crippen molar-refractivity contribution < 1.29 is 9.21 Å². The molecular formula is C13H9ClN4O2S2. The molecule has 0 fully saturated rings. The number of hydrogen-bond acceptors (Lipinski definition) is 7. The minimum atomic E-state index is -0.183. The van der Waals surface area contributed by atoms with Gasteiger partial charge in [-0.3, -0.25) is 4.79 Å². The fraction of sp³-hybridized carbons (Fsp3) is 0.0769. The smallest absolute Gasteiger partial charge is 0.277 e. The van der Waals surface area contributed by atoms with Crippen LogP contribution in [0.3, 0.4) is 0 Å². The quantitative estimate of drug-likeness (QED) is 0.707. The lowest BCUT2D eigenvalue weighted by atomic mass is 10.2. The van der Waals surface area contributed by atoms with Gasteiger partial charge in [0.1, 0.15) is 0 Å². The number of carbonyl (C=O) groups excluding carboxylic acids is 1. The van der Waals surface area contributed by atoms with E-state index in [0.29, 0.717) is 26.8 Å².